The molecule has 0 amide bonds. The summed E-state index contributed by atoms with van der Waals surface area (Å²) < 4.78 is 11.1. The number of carbonyl (C=O) groups excluding carboxylic acids is 1. The highest BCUT2D eigenvalue weighted by Gasteiger charge is 2.42. The number of rotatable bonds is 1. The molecule has 0 bridgehead atoms. The first-order valence-electron chi connectivity index (χ1n) is 4.95. The number of ether oxygens (including phenoxy) is 2. The lowest BCUT2D eigenvalue weighted by molar-refractivity contribution is -0.194. The summed E-state index contributed by atoms with van der Waals surface area (Å²) >= 11 is 0. The fraction of sp³-hybridized carbons (Fsp3) is 0.545. The summed E-state index contributed by atoms with van der Waals surface area (Å²) in [6, 6.07) is 0. The highest BCUT2D eigenvalue weighted by Crippen LogP contribution is 2.34. The van der Waals surface area contributed by atoms with Gasteiger partial charge in [-0.05, 0) is 18.6 Å². The quantitative estimate of drug-likeness (QED) is 0.637. The zero-order valence-corrected chi connectivity index (χ0v) is 9.24. The summed E-state index contributed by atoms with van der Waals surface area (Å²) in [4.78, 5) is 13.6. The van der Waals surface area contributed by atoms with Crippen LogP contribution in [0.1, 0.15) is 6.92 Å². The number of fused-ring (bicyclic) bond motifs is 1. The average Bonchev–Trinajstić information content (AvgIpc) is 2.22. The summed E-state index contributed by atoms with van der Waals surface area (Å²) in [6.07, 6.45) is 3.35. The van der Waals surface area contributed by atoms with Crippen LogP contribution in [0.3, 0.4) is 0 Å². The molecule has 0 spiro atoms. The fourth-order valence-electron chi connectivity index (χ4n) is 1.94. The fourth-order valence-corrected chi connectivity index (χ4v) is 1.94. The second-order valence-electron chi connectivity index (χ2n) is 3.86. The zero-order chi connectivity index (χ0) is 11.1. The summed E-state index contributed by atoms with van der Waals surface area (Å²) in [5.41, 5.74) is 1.45. The average molecular weight is 209 g/mol. The standard InChI is InChI=1S/C11H15NO3/c1-8-7-11(14-3)10(6-9(8)13)12(2)4-5-15-11/h6-7H,4-5H2,1-3H3. The molecule has 1 heterocycles. The second kappa shape index (κ2) is 3.47. The molecule has 1 aliphatic heterocycles. The van der Waals surface area contributed by atoms with Crippen molar-refractivity contribution in [1.82, 2.24) is 4.90 Å². The lowest BCUT2D eigenvalue weighted by atomic mass is 9.96. The van der Waals surface area contributed by atoms with Gasteiger partial charge in [0.25, 0.3) is 0 Å². The molecule has 1 aliphatic carbocycles. The van der Waals surface area contributed by atoms with E-state index in [0.29, 0.717) is 12.2 Å². The van der Waals surface area contributed by atoms with Crippen LogP contribution < -0.4 is 0 Å². The van der Waals surface area contributed by atoms with E-state index in [4.69, 9.17) is 9.47 Å². The zero-order valence-electron chi connectivity index (χ0n) is 9.24. The van der Waals surface area contributed by atoms with Crippen molar-refractivity contribution >= 4 is 5.78 Å². The Hall–Kier alpha value is -1.13. The Kier molecular flexibility index (Phi) is 2.40. The molecular weight excluding hydrogens is 194 g/mol. The van der Waals surface area contributed by atoms with Crippen LogP contribution >= 0.6 is 0 Å². The highest BCUT2D eigenvalue weighted by atomic mass is 16.7. The molecule has 1 unspecified atom stereocenters. The van der Waals surface area contributed by atoms with E-state index in [1.807, 2.05) is 11.9 Å². The van der Waals surface area contributed by atoms with Crippen molar-refractivity contribution in [2.75, 3.05) is 27.3 Å². The minimum Gasteiger partial charge on any atom is -0.371 e. The number of methoxy groups -OCH3 is 1. The molecule has 0 radical (unpaired) electrons. The molecular formula is C11H15NO3. The first-order valence-corrected chi connectivity index (χ1v) is 4.95. The van der Waals surface area contributed by atoms with E-state index in [1.165, 1.54) is 0 Å². The maximum absolute atomic E-state index is 11.6. The molecule has 4 nitrogen and oxygen atoms in total. The van der Waals surface area contributed by atoms with Crippen molar-refractivity contribution in [3.63, 3.8) is 0 Å². The molecule has 2 aliphatic rings. The van der Waals surface area contributed by atoms with Gasteiger partial charge in [-0.15, -0.1) is 0 Å². The van der Waals surface area contributed by atoms with Crippen molar-refractivity contribution in [3.05, 3.63) is 23.4 Å². The second-order valence-corrected chi connectivity index (χ2v) is 3.86. The van der Waals surface area contributed by atoms with Crippen LogP contribution in [0.4, 0.5) is 0 Å². The van der Waals surface area contributed by atoms with Crippen molar-refractivity contribution in [3.8, 4) is 0 Å². The summed E-state index contributed by atoms with van der Waals surface area (Å²) in [7, 11) is 3.52. The third-order valence-corrected chi connectivity index (χ3v) is 2.88. The van der Waals surface area contributed by atoms with Crippen LogP contribution in [-0.2, 0) is 14.3 Å². The molecule has 1 saturated heterocycles. The number of nitrogens with zero attached hydrogens (tertiary/aromatic N) is 1. The van der Waals surface area contributed by atoms with E-state index in [2.05, 4.69) is 0 Å². The van der Waals surface area contributed by atoms with Gasteiger partial charge in [0.1, 0.15) is 0 Å². The Morgan fingerprint density at radius 2 is 2.33 bits per heavy atom. The predicted molar refractivity (Wildman–Crippen MR) is 55.2 cm³/mol. The predicted octanol–water partition coefficient (Wildman–Crippen LogP) is 0.704. The monoisotopic (exact) mass is 209 g/mol. The molecule has 4 heteroatoms. The Morgan fingerprint density at radius 1 is 1.60 bits per heavy atom. The van der Waals surface area contributed by atoms with Gasteiger partial charge in [-0.1, -0.05) is 0 Å². The van der Waals surface area contributed by atoms with Gasteiger partial charge in [0, 0.05) is 26.8 Å². The van der Waals surface area contributed by atoms with Crippen LogP contribution in [0.15, 0.2) is 23.4 Å². The number of hydrogen-bond donors (Lipinski definition) is 0. The van der Waals surface area contributed by atoms with Gasteiger partial charge in [-0.3, -0.25) is 4.79 Å². The van der Waals surface area contributed by atoms with Crippen LogP contribution in [0.2, 0.25) is 0 Å². The molecule has 0 aromatic carbocycles. The number of ketones is 1. The number of morpholine rings is 1. The molecule has 0 N–H and O–H groups in total. The normalized spacial score (nSPS) is 30.9. The van der Waals surface area contributed by atoms with Gasteiger partial charge in [0.2, 0.25) is 5.79 Å². The van der Waals surface area contributed by atoms with Crippen molar-refractivity contribution in [2.45, 2.75) is 12.7 Å². The van der Waals surface area contributed by atoms with E-state index < -0.39 is 5.79 Å². The molecule has 82 valence electrons. The number of likely N-dealkylation sites (N-methyl/N-ethyl adjacent to an activating group) is 1. The maximum atomic E-state index is 11.6. The first-order chi connectivity index (χ1) is 7.09. The largest absolute Gasteiger partial charge is 0.371 e. The van der Waals surface area contributed by atoms with Crippen molar-refractivity contribution in [1.29, 1.82) is 0 Å². The van der Waals surface area contributed by atoms with Gasteiger partial charge in [0.05, 0.1) is 12.3 Å². The molecule has 2 rings (SSSR count). The Balaban J connectivity index is 2.46. The van der Waals surface area contributed by atoms with Gasteiger partial charge >= 0.3 is 0 Å². The van der Waals surface area contributed by atoms with E-state index in [9.17, 15) is 4.79 Å². The number of carbonyl (C=O) groups is 1. The Bertz CT molecular complexity index is 359. The lowest BCUT2D eigenvalue weighted by Crippen LogP contribution is -2.50. The van der Waals surface area contributed by atoms with Gasteiger partial charge in [-0.2, -0.15) is 0 Å². The summed E-state index contributed by atoms with van der Waals surface area (Å²) in [5, 5.41) is 0. The van der Waals surface area contributed by atoms with E-state index in [1.54, 1.807) is 26.2 Å². The van der Waals surface area contributed by atoms with Crippen LogP contribution in [0.5, 0.6) is 0 Å². The molecule has 1 fully saturated rings. The van der Waals surface area contributed by atoms with Gasteiger partial charge < -0.3 is 14.4 Å². The van der Waals surface area contributed by atoms with Crippen LogP contribution in [0, 0.1) is 0 Å². The topological polar surface area (TPSA) is 38.8 Å². The smallest absolute Gasteiger partial charge is 0.231 e. The molecule has 0 aromatic rings. The van der Waals surface area contributed by atoms with E-state index >= 15 is 0 Å². The van der Waals surface area contributed by atoms with Crippen molar-refractivity contribution < 1.29 is 14.3 Å². The van der Waals surface area contributed by atoms with Crippen LogP contribution in [-0.4, -0.2) is 43.8 Å². The summed E-state index contributed by atoms with van der Waals surface area (Å²) in [6.45, 7) is 3.14. The highest BCUT2D eigenvalue weighted by molar-refractivity contribution is 6.05. The van der Waals surface area contributed by atoms with Gasteiger partial charge in [-0.25, -0.2) is 0 Å². The Morgan fingerprint density at radius 3 is 3.00 bits per heavy atom. The third-order valence-electron chi connectivity index (χ3n) is 2.88. The lowest BCUT2D eigenvalue weighted by Gasteiger charge is -2.43. The van der Waals surface area contributed by atoms with E-state index in [-0.39, 0.29) is 5.78 Å². The maximum Gasteiger partial charge on any atom is 0.231 e. The number of hydrogen-bond acceptors (Lipinski definition) is 4. The van der Waals surface area contributed by atoms with Crippen LogP contribution in [0.25, 0.3) is 0 Å². The van der Waals surface area contributed by atoms with Crippen molar-refractivity contribution in [2.24, 2.45) is 0 Å². The minimum atomic E-state index is -0.856. The molecule has 15 heavy (non-hydrogen) atoms. The number of allylic oxidation sites excluding steroid dienone is 2. The Labute approximate surface area is 89.1 Å². The summed E-state index contributed by atoms with van der Waals surface area (Å²) in [5.74, 6) is -0.833. The van der Waals surface area contributed by atoms with Gasteiger partial charge in [0.15, 0.2) is 5.78 Å². The molecule has 0 saturated carbocycles. The molecule has 1 atom stereocenters. The minimum absolute atomic E-state index is 0.0232. The van der Waals surface area contributed by atoms with E-state index in [0.717, 1.165) is 12.2 Å². The molecule has 0 aromatic heterocycles. The third kappa shape index (κ3) is 1.50. The SMILES string of the molecule is COC12C=C(C)C(=O)C=C1N(C)CCO2. The first kappa shape index (κ1) is 10.4.